The molecular formula is C21H23N5O2. The molecule has 7 nitrogen and oxygen atoms in total. The van der Waals surface area contributed by atoms with E-state index in [0.29, 0.717) is 5.92 Å². The largest absolute Gasteiger partial charge is 0.353 e. The van der Waals surface area contributed by atoms with E-state index in [2.05, 4.69) is 41.4 Å². The lowest BCUT2D eigenvalue weighted by molar-refractivity contribution is -0.383. The average Bonchev–Trinajstić information content (AvgIpc) is 2.69. The lowest BCUT2D eigenvalue weighted by Gasteiger charge is -2.11. The van der Waals surface area contributed by atoms with Gasteiger partial charge < -0.3 is 10.6 Å². The van der Waals surface area contributed by atoms with Gasteiger partial charge in [-0.2, -0.15) is 0 Å². The van der Waals surface area contributed by atoms with E-state index in [1.54, 1.807) is 0 Å². The van der Waals surface area contributed by atoms with E-state index < -0.39 is 4.92 Å². The molecule has 0 saturated heterocycles. The molecule has 2 aromatic carbocycles. The van der Waals surface area contributed by atoms with E-state index in [1.807, 2.05) is 48.5 Å². The summed E-state index contributed by atoms with van der Waals surface area (Å²) in [4.78, 5) is 19.4. The molecule has 28 heavy (non-hydrogen) atoms. The first kappa shape index (κ1) is 19.3. The summed E-state index contributed by atoms with van der Waals surface area (Å²) < 4.78 is 0. The normalized spacial score (nSPS) is 10.7. The Bertz CT molecular complexity index is 954. The minimum Gasteiger partial charge on any atom is -0.334 e. The minimum absolute atomic E-state index is 0.143. The van der Waals surface area contributed by atoms with Crippen LogP contribution in [0.5, 0.6) is 0 Å². The molecular weight excluding hydrogens is 354 g/mol. The van der Waals surface area contributed by atoms with Crippen LogP contribution in [0.2, 0.25) is 0 Å². The minimum atomic E-state index is -0.479. The van der Waals surface area contributed by atoms with Crippen LogP contribution >= 0.6 is 0 Å². The van der Waals surface area contributed by atoms with Gasteiger partial charge in [0.2, 0.25) is 11.6 Å². The number of benzene rings is 2. The fourth-order valence-corrected chi connectivity index (χ4v) is 2.78. The molecule has 1 aromatic heterocycles. The van der Waals surface area contributed by atoms with Crippen molar-refractivity contribution in [2.24, 2.45) is 0 Å². The molecule has 0 saturated carbocycles. The molecule has 1 heterocycles. The van der Waals surface area contributed by atoms with Gasteiger partial charge in [-0.3, -0.25) is 10.1 Å². The van der Waals surface area contributed by atoms with E-state index in [1.165, 1.54) is 17.5 Å². The van der Waals surface area contributed by atoms with Crippen LogP contribution in [-0.2, 0) is 6.42 Å². The number of hydrogen-bond donors (Lipinski definition) is 2. The summed E-state index contributed by atoms with van der Waals surface area (Å²) in [6.07, 6.45) is 2.23. The molecule has 0 aliphatic carbocycles. The summed E-state index contributed by atoms with van der Waals surface area (Å²) in [5.74, 6) is 0.702. The van der Waals surface area contributed by atoms with Gasteiger partial charge in [0, 0.05) is 11.4 Å². The van der Waals surface area contributed by atoms with E-state index in [-0.39, 0.29) is 17.3 Å². The molecule has 0 radical (unpaired) electrons. The lowest BCUT2D eigenvalue weighted by atomic mass is 10.0. The number of nitro groups is 1. The molecule has 0 aliphatic heterocycles. The second kappa shape index (κ2) is 8.47. The van der Waals surface area contributed by atoms with Crippen molar-refractivity contribution in [3.63, 3.8) is 0 Å². The van der Waals surface area contributed by atoms with Gasteiger partial charge in [-0.1, -0.05) is 45.0 Å². The molecule has 0 bridgehead atoms. The van der Waals surface area contributed by atoms with Crippen molar-refractivity contribution in [1.29, 1.82) is 0 Å². The van der Waals surface area contributed by atoms with Gasteiger partial charge in [0.25, 0.3) is 0 Å². The summed E-state index contributed by atoms with van der Waals surface area (Å²) >= 11 is 0. The molecule has 3 aromatic rings. The van der Waals surface area contributed by atoms with E-state index in [4.69, 9.17) is 0 Å². The highest BCUT2D eigenvalue weighted by Crippen LogP contribution is 2.33. The molecule has 2 N–H and O–H groups in total. The molecule has 7 heteroatoms. The molecule has 3 rings (SSSR count). The number of aromatic nitrogens is 2. The Morgan fingerprint density at radius 1 is 0.929 bits per heavy atom. The third-order valence-electron chi connectivity index (χ3n) is 4.47. The predicted molar refractivity (Wildman–Crippen MR) is 112 cm³/mol. The van der Waals surface area contributed by atoms with Crippen LogP contribution < -0.4 is 10.6 Å². The molecule has 0 spiro atoms. The van der Waals surface area contributed by atoms with Gasteiger partial charge in [-0.25, -0.2) is 9.97 Å². The zero-order valence-electron chi connectivity index (χ0n) is 16.1. The van der Waals surface area contributed by atoms with Crippen LogP contribution in [0.1, 0.15) is 37.8 Å². The Morgan fingerprint density at radius 3 is 1.86 bits per heavy atom. The summed E-state index contributed by atoms with van der Waals surface area (Å²) in [7, 11) is 0. The highest BCUT2D eigenvalue weighted by molar-refractivity contribution is 5.76. The van der Waals surface area contributed by atoms with Crippen molar-refractivity contribution >= 4 is 28.7 Å². The first-order chi connectivity index (χ1) is 13.5. The van der Waals surface area contributed by atoms with E-state index in [0.717, 1.165) is 17.8 Å². The molecule has 144 valence electrons. The average molecular weight is 377 g/mol. The van der Waals surface area contributed by atoms with Crippen molar-refractivity contribution in [3.8, 4) is 0 Å². The molecule has 0 unspecified atom stereocenters. The van der Waals surface area contributed by atoms with Crippen LogP contribution in [0, 0.1) is 10.1 Å². The standard InChI is InChI=1S/C21H23N5O2/c1-4-15-5-9-17(10-6-15)24-20-19(26(27)28)21(23-13-22-20)25-18-11-7-16(8-12-18)14(2)3/h5-14H,4H2,1-3H3,(H2,22,23,24,25). The maximum Gasteiger partial charge on any atom is 0.353 e. The highest BCUT2D eigenvalue weighted by atomic mass is 16.6. The summed E-state index contributed by atoms with van der Waals surface area (Å²) in [5, 5.41) is 17.8. The summed E-state index contributed by atoms with van der Waals surface area (Å²) in [6, 6.07) is 15.5. The van der Waals surface area contributed by atoms with Crippen LogP contribution in [-0.4, -0.2) is 14.9 Å². The van der Waals surface area contributed by atoms with Gasteiger partial charge in [-0.05, 0) is 47.7 Å². The number of hydrogen-bond acceptors (Lipinski definition) is 6. The van der Waals surface area contributed by atoms with Crippen molar-refractivity contribution in [1.82, 2.24) is 9.97 Å². The van der Waals surface area contributed by atoms with Gasteiger partial charge in [0.1, 0.15) is 6.33 Å². The van der Waals surface area contributed by atoms with Crippen LogP contribution in [0.25, 0.3) is 0 Å². The van der Waals surface area contributed by atoms with Crippen LogP contribution in [0.4, 0.5) is 28.7 Å². The zero-order valence-corrected chi connectivity index (χ0v) is 16.1. The van der Waals surface area contributed by atoms with Crippen LogP contribution in [0.15, 0.2) is 54.9 Å². The number of rotatable bonds is 7. The Balaban J connectivity index is 1.89. The van der Waals surface area contributed by atoms with Crippen molar-refractivity contribution in [3.05, 3.63) is 76.1 Å². The van der Waals surface area contributed by atoms with E-state index >= 15 is 0 Å². The molecule has 0 atom stereocenters. The second-order valence-corrected chi connectivity index (χ2v) is 6.75. The summed E-state index contributed by atoms with van der Waals surface area (Å²) in [6.45, 7) is 6.30. The van der Waals surface area contributed by atoms with Crippen molar-refractivity contribution in [2.45, 2.75) is 33.1 Å². The fourth-order valence-electron chi connectivity index (χ4n) is 2.78. The molecule has 0 fully saturated rings. The smallest absolute Gasteiger partial charge is 0.334 e. The molecule has 0 aliphatic rings. The predicted octanol–water partition coefficient (Wildman–Crippen LogP) is 5.56. The molecule has 0 amide bonds. The maximum atomic E-state index is 11.7. The third kappa shape index (κ3) is 4.43. The Hall–Kier alpha value is -3.48. The van der Waals surface area contributed by atoms with Crippen molar-refractivity contribution < 1.29 is 4.92 Å². The Labute approximate surface area is 164 Å². The van der Waals surface area contributed by atoms with Gasteiger partial charge in [0.05, 0.1) is 4.92 Å². The van der Waals surface area contributed by atoms with Gasteiger partial charge in [-0.15, -0.1) is 0 Å². The monoisotopic (exact) mass is 377 g/mol. The number of nitrogens with zero attached hydrogens (tertiary/aromatic N) is 3. The topological polar surface area (TPSA) is 93.0 Å². The number of anilines is 4. The SMILES string of the molecule is CCc1ccc(Nc2ncnc(Nc3ccc(C(C)C)cc3)c2[N+](=O)[O-])cc1. The quantitative estimate of drug-likeness (QED) is 0.414. The zero-order chi connectivity index (χ0) is 20.1. The highest BCUT2D eigenvalue weighted by Gasteiger charge is 2.23. The third-order valence-corrected chi connectivity index (χ3v) is 4.47. The second-order valence-electron chi connectivity index (χ2n) is 6.75. The van der Waals surface area contributed by atoms with Crippen molar-refractivity contribution in [2.75, 3.05) is 10.6 Å². The maximum absolute atomic E-state index is 11.7. The lowest BCUT2D eigenvalue weighted by Crippen LogP contribution is -2.05. The van der Waals surface area contributed by atoms with Crippen LogP contribution in [0.3, 0.4) is 0 Å². The fraction of sp³-hybridized carbons (Fsp3) is 0.238. The first-order valence-corrected chi connectivity index (χ1v) is 9.20. The Kier molecular flexibility index (Phi) is 5.84. The number of nitrogens with one attached hydrogen (secondary N) is 2. The number of aryl methyl sites for hydroxylation is 1. The van der Waals surface area contributed by atoms with Gasteiger partial charge in [0.15, 0.2) is 0 Å². The Morgan fingerprint density at radius 2 is 1.43 bits per heavy atom. The first-order valence-electron chi connectivity index (χ1n) is 9.20. The van der Waals surface area contributed by atoms with Gasteiger partial charge >= 0.3 is 5.69 Å². The summed E-state index contributed by atoms with van der Waals surface area (Å²) in [5.41, 5.74) is 3.64. The van der Waals surface area contributed by atoms with E-state index in [9.17, 15) is 10.1 Å².